The molecule has 0 spiro atoms. The topological polar surface area (TPSA) is 256 Å². The Hall–Kier alpha value is -2.54. The second-order valence-corrected chi connectivity index (χ2v) is 21.0. The Morgan fingerprint density at radius 3 is 1.95 bits per heavy atom. The van der Waals surface area contributed by atoms with Crippen molar-refractivity contribution in [2.24, 2.45) is 50.2 Å². The Morgan fingerprint density at radius 2 is 1.33 bits per heavy atom. The molecular weight excluding hydrogens is 784 g/mol. The van der Waals surface area contributed by atoms with Gasteiger partial charge < -0.3 is 59.4 Å². The molecule has 16 nitrogen and oxygen atoms in total. The van der Waals surface area contributed by atoms with Crippen LogP contribution >= 0.6 is 0 Å². The minimum Gasteiger partial charge on any atom is -0.479 e. The molecule has 0 aromatic carbocycles. The molecule has 0 aromatic heterocycles. The van der Waals surface area contributed by atoms with Gasteiger partial charge in [-0.2, -0.15) is 0 Å². The molecule has 0 bridgehead atoms. The summed E-state index contributed by atoms with van der Waals surface area (Å²) in [6, 6.07) is 0. The normalized spacial score (nSPS) is 51.1. The predicted molar refractivity (Wildman–Crippen MR) is 208 cm³/mol. The minimum atomic E-state index is -2.04. The predicted octanol–water partition coefficient (Wildman–Crippen LogP) is 2.72. The number of fused-ring (bicyclic) bond motifs is 7. The van der Waals surface area contributed by atoms with E-state index in [2.05, 4.69) is 27.7 Å². The summed E-state index contributed by atoms with van der Waals surface area (Å²) in [7, 11) is 0. The van der Waals surface area contributed by atoms with Gasteiger partial charge in [0.1, 0.15) is 36.6 Å². The van der Waals surface area contributed by atoms with Gasteiger partial charge in [-0.1, -0.05) is 47.1 Å². The van der Waals surface area contributed by atoms with Crippen molar-refractivity contribution in [3.05, 3.63) is 11.6 Å². The Morgan fingerprint density at radius 1 is 0.733 bits per heavy atom. The zero-order valence-corrected chi connectivity index (χ0v) is 36.0. The van der Waals surface area contributed by atoms with Crippen LogP contribution in [0.1, 0.15) is 113 Å². The summed E-state index contributed by atoms with van der Waals surface area (Å²) < 4.78 is 29.0. The van der Waals surface area contributed by atoms with Gasteiger partial charge in [0, 0.05) is 5.92 Å². The summed E-state index contributed by atoms with van der Waals surface area (Å²) in [4.78, 5) is 52.3. The van der Waals surface area contributed by atoms with E-state index in [0.29, 0.717) is 25.9 Å². The van der Waals surface area contributed by atoms with Crippen LogP contribution in [0.2, 0.25) is 0 Å². The molecule has 2 heterocycles. The minimum absolute atomic E-state index is 0.0361. The zero-order chi connectivity index (χ0) is 44.3. The molecule has 5 aliphatic carbocycles. The third kappa shape index (κ3) is 6.72. The maximum Gasteiger partial charge on any atom is 0.335 e. The number of hydrogen-bond acceptors (Lipinski definition) is 14. The molecule has 6 fully saturated rings. The number of ether oxygens (including phenoxy) is 5. The van der Waals surface area contributed by atoms with Crippen LogP contribution in [0, 0.1) is 50.2 Å². The third-order valence-electron chi connectivity index (χ3n) is 17.5. The molecule has 4 saturated carbocycles. The van der Waals surface area contributed by atoms with E-state index in [1.807, 2.05) is 33.8 Å². The maximum absolute atomic E-state index is 15.0. The van der Waals surface area contributed by atoms with Crippen LogP contribution in [-0.4, -0.2) is 134 Å². The molecule has 60 heavy (non-hydrogen) atoms. The van der Waals surface area contributed by atoms with Crippen molar-refractivity contribution in [2.75, 3.05) is 6.61 Å². The van der Waals surface area contributed by atoms with Crippen molar-refractivity contribution in [1.29, 1.82) is 0 Å². The van der Waals surface area contributed by atoms with E-state index >= 15 is 0 Å². The van der Waals surface area contributed by atoms with E-state index in [4.69, 9.17) is 23.7 Å². The quantitative estimate of drug-likeness (QED) is 0.137. The highest BCUT2D eigenvalue weighted by atomic mass is 16.8. The Bertz CT molecular complexity index is 1770. The van der Waals surface area contributed by atoms with Crippen molar-refractivity contribution in [2.45, 2.75) is 181 Å². The van der Waals surface area contributed by atoms with E-state index < -0.39 is 101 Å². The number of ketones is 1. The Kier molecular flexibility index (Phi) is 11.6. The highest BCUT2D eigenvalue weighted by Gasteiger charge is 2.71. The summed E-state index contributed by atoms with van der Waals surface area (Å²) in [5.74, 6) is -3.68. The zero-order valence-electron chi connectivity index (χ0n) is 36.0. The van der Waals surface area contributed by atoms with Crippen molar-refractivity contribution in [3.8, 4) is 0 Å². The lowest BCUT2D eigenvalue weighted by Gasteiger charge is -2.70. The number of aliphatic hydroxyl groups is 5. The molecular formula is C44H66O16. The van der Waals surface area contributed by atoms with Gasteiger partial charge in [-0.25, -0.2) is 9.59 Å². The Labute approximate surface area is 350 Å². The number of aliphatic hydroxyl groups excluding tert-OH is 5. The maximum atomic E-state index is 15.0. The molecule has 2 saturated heterocycles. The number of carboxylic acid groups (broad SMARTS) is 2. The lowest BCUT2D eigenvalue weighted by Crippen LogP contribution is -2.68. The summed E-state index contributed by atoms with van der Waals surface area (Å²) >= 11 is 0. The first-order valence-electron chi connectivity index (χ1n) is 21.7. The number of rotatable bonds is 8. The summed E-state index contributed by atoms with van der Waals surface area (Å²) in [6.07, 6.45) is -11.6. The molecule has 16 heteroatoms. The molecule has 2 aliphatic heterocycles. The first kappa shape index (κ1) is 45.5. The molecule has 0 radical (unpaired) electrons. The molecule has 19 atom stereocenters. The number of carbonyl (C=O) groups is 4. The fourth-order valence-electron chi connectivity index (χ4n) is 13.7. The second-order valence-electron chi connectivity index (χ2n) is 21.0. The molecule has 338 valence electrons. The average molecular weight is 851 g/mol. The summed E-state index contributed by atoms with van der Waals surface area (Å²) in [5, 5.41) is 72.9. The van der Waals surface area contributed by atoms with Gasteiger partial charge in [-0.15, -0.1) is 0 Å². The number of hydrogen-bond donors (Lipinski definition) is 7. The van der Waals surface area contributed by atoms with E-state index in [9.17, 15) is 54.9 Å². The van der Waals surface area contributed by atoms with Crippen molar-refractivity contribution in [3.63, 3.8) is 0 Å². The van der Waals surface area contributed by atoms with Gasteiger partial charge >= 0.3 is 17.9 Å². The standard InChI is InChI=1S/C44H66O16/c1-9-56-38(55)41(5)15-14-40(4)16-17-43(7)20(21(40)19-41)18-22(45)33-42(6)12-11-24(39(2,3)23(42)10-13-44(33,43)8)57-37-32(28(49)27(48)31(59-37)35(53)54)60-36-29(50)25(46)26(47)30(58-36)34(51)52/h18,21,23-33,36-37,46-50H,9-17,19H2,1-8H3,(H,51,52)(H,53,54)/t21-,23-,24-,25-,26-,27-,28-,29+,30-,31-,32+,33+,36-,37-,40+,41-,42-,43?,44+/m0/s1. The number of carboxylic acids is 2. The smallest absolute Gasteiger partial charge is 0.335 e. The van der Waals surface area contributed by atoms with E-state index in [-0.39, 0.29) is 40.3 Å². The summed E-state index contributed by atoms with van der Waals surface area (Å²) in [5.41, 5.74) is -1.36. The molecule has 7 rings (SSSR count). The van der Waals surface area contributed by atoms with Gasteiger partial charge in [0.25, 0.3) is 0 Å². The van der Waals surface area contributed by atoms with Crippen molar-refractivity contribution >= 4 is 23.7 Å². The van der Waals surface area contributed by atoms with Crippen molar-refractivity contribution < 1.29 is 78.6 Å². The van der Waals surface area contributed by atoms with Crippen LogP contribution in [0.4, 0.5) is 0 Å². The molecule has 7 aliphatic rings. The average Bonchev–Trinajstić information content (AvgIpc) is 3.16. The second kappa shape index (κ2) is 15.3. The SMILES string of the molecule is CCOC(=O)[C@@]1(C)CC[C@]2(C)CCC3(C)C(=CC(=O)[C@@H]4[C@@]5(C)CC[C@H](O[C@H]6O[C@H](C(=O)O)[C@@H](O)[C@H](O)[C@H]6O[C@@H]6O[C@H](C(=O)O)[C@@H](O)[C@H](O)[C@H]6O)C(C)(C)[C@@H]5CC[C@]43C)[C@@H]2C1. The van der Waals surface area contributed by atoms with Gasteiger partial charge in [-0.05, 0) is 117 Å². The van der Waals surface area contributed by atoms with E-state index in [1.165, 1.54) is 5.57 Å². The number of allylic oxidation sites excluding steroid dienone is 2. The molecule has 0 aromatic rings. The highest BCUT2D eigenvalue weighted by molar-refractivity contribution is 5.95. The molecule has 0 amide bonds. The van der Waals surface area contributed by atoms with Gasteiger partial charge in [0.2, 0.25) is 0 Å². The lowest BCUT2D eigenvalue weighted by atomic mass is 9.33. The first-order chi connectivity index (χ1) is 27.8. The lowest BCUT2D eigenvalue weighted by molar-refractivity contribution is -0.371. The largest absolute Gasteiger partial charge is 0.479 e. The van der Waals surface area contributed by atoms with Crippen LogP contribution < -0.4 is 0 Å². The highest BCUT2D eigenvalue weighted by Crippen LogP contribution is 2.75. The van der Waals surface area contributed by atoms with Crippen LogP contribution in [0.25, 0.3) is 0 Å². The Balaban J connectivity index is 1.17. The fourth-order valence-corrected chi connectivity index (χ4v) is 13.7. The van der Waals surface area contributed by atoms with Crippen LogP contribution in [0.3, 0.4) is 0 Å². The fraction of sp³-hybridized carbons (Fsp3) is 0.864. The van der Waals surface area contributed by atoms with E-state index in [0.717, 1.165) is 38.5 Å². The molecule has 7 N–H and O–H groups in total. The van der Waals surface area contributed by atoms with Gasteiger partial charge in [0.15, 0.2) is 30.6 Å². The van der Waals surface area contributed by atoms with Crippen LogP contribution in [-0.2, 0) is 42.9 Å². The summed E-state index contributed by atoms with van der Waals surface area (Å²) in [6.45, 7) is 17.4. The van der Waals surface area contributed by atoms with E-state index in [1.54, 1.807) is 0 Å². The first-order valence-corrected chi connectivity index (χ1v) is 21.7. The van der Waals surface area contributed by atoms with Crippen LogP contribution in [0.5, 0.6) is 0 Å². The van der Waals surface area contributed by atoms with Crippen LogP contribution in [0.15, 0.2) is 11.6 Å². The number of aliphatic carboxylic acids is 2. The number of carbonyl (C=O) groups excluding carboxylic acids is 2. The monoisotopic (exact) mass is 850 g/mol. The van der Waals surface area contributed by atoms with Crippen molar-refractivity contribution in [1.82, 2.24) is 0 Å². The third-order valence-corrected chi connectivity index (χ3v) is 17.5. The number of esters is 1. The van der Waals surface area contributed by atoms with Gasteiger partial charge in [-0.3, -0.25) is 9.59 Å². The van der Waals surface area contributed by atoms with Gasteiger partial charge in [0.05, 0.1) is 18.1 Å². The molecule has 1 unspecified atom stereocenters.